The summed E-state index contributed by atoms with van der Waals surface area (Å²) in [5, 5.41) is 3.31. The highest BCUT2D eigenvalue weighted by Crippen LogP contribution is 2.09. The van der Waals surface area contributed by atoms with E-state index in [2.05, 4.69) is 12.2 Å². The number of nitrogens with two attached hydrogens (primary N) is 1. The fourth-order valence-corrected chi connectivity index (χ4v) is 1.21. The van der Waals surface area contributed by atoms with Gasteiger partial charge in [-0.15, -0.1) is 24.8 Å². The average molecular weight is 203 g/mol. The SMILES string of the molecule is CC1CC(ON)CCN1.Cl.Cl. The first-order valence-corrected chi connectivity index (χ1v) is 3.42. The molecule has 3 nitrogen and oxygen atoms in total. The molecule has 0 aliphatic carbocycles. The second-order valence-electron chi connectivity index (χ2n) is 2.64. The maximum Gasteiger partial charge on any atom is 0.0814 e. The summed E-state index contributed by atoms with van der Waals surface area (Å²) >= 11 is 0. The van der Waals surface area contributed by atoms with Gasteiger partial charge in [-0.1, -0.05) is 0 Å². The molecule has 0 amide bonds. The number of piperidine rings is 1. The first-order valence-electron chi connectivity index (χ1n) is 3.42. The van der Waals surface area contributed by atoms with E-state index < -0.39 is 0 Å². The molecule has 70 valence electrons. The van der Waals surface area contributed by atoms with Crippen LogP contribution < -0.4 is 11.2 Å². The van der Waals surface area contributed by atoms with Gasteiger partial charge in [0.15, 0.2) is 0 Å². The number of rotatable bonds is 1. The highest BCUT2D eigenvalue weighted by molar-refractivity contribution is 5.85. The Bertz CT molecular complexity index is 94.7. The Morgan fingerprint density at radius 2 is 2.09 bits per heavy atom. The number of hydrogen-bond acceptors (Lipinski definition) is 3. The minimum atomic E-state index is 0. The van der Waals surface area contributed by atoms with Gasteiger partial charge in [0.2, 0.25) is 0 Å². The minimum absolute atomic E-state index is 0. The highest BCUT2D eigenvalue weighted by Gasteiger charge is 2.17. The predicted octanol–water partition coefficient (Wildman–Crippen LogP) is 0.861. The minimum Gasteiger partial charge on any atom is -0.314 e. The molecule has 1 aliphatic rings. The van der Waals surface area contributed by atoms with Gasteiger partial charge in [0, 0.05) is 6.04 Å². The van der Waals surface area contributed by atoms with E-state index in [1.807, 2.05) is 0 Å². The second kappa shape index (κ2) is 7.13. The van der Waals surface area contributed by atoms with Crippen molar-refractivity contribution < 1.29 is 4.84 Å². The van der Waals surface area contributed by atoms with Crippen LogP contribution in [0.2, 0.25) is 0 Å². The van der Waals surface area contributed by atoms with Gasteiger partial charge in [-0.25, -0.2) is 5.90 Å². The molecule has 0 spiro atoms. The summed E-state index contributed by atoms with van der Waals surface area (Å²) in [5.41, 5.74) is 0. The fraction of sp³-hybridized carbons (Fsp3) is 1.00. The van der Waals surface area contributed by atoms with Gasteiger partial charge < -0.3 is 10.2 Å². The lowest BCUT2D eigenvalue weighted by Crippen LogP contribution is -2.40. The van der Waals surface area contributed by atoms with Crippen LogP contribution in [0.1, 0.15) is 19.8 Å². The molecule has 0 aromatic heterocycles. The number of hydrogen-bond donors (Lipinski definition) is 2. The van der Waals surface area contributed by atoms with E-state index in [0.717, 1.165) is 19.4 Å². The van der Waals surface area contributed by atoms with Crippen LogP contribution in [0.15, 0.2) is 0 Å². The van der Waals surface area contributed by atoms with Gasteiger partial charge in [0.05, 0.1) is 6.10 Å². The predicted molar refractivity (Wildman–Crippen MR) is 50.3 cm³/mol. The topological polar surface area (TPSA) is 47.3 Å². The molecule has 1 saturated heterocycles. The van der Waals surface area contributed by atoms with Crippen LogP contribution in [0.4, 0.5) is 0 Å². The van der Waals surface area contributed by atoms with Gasteiger partial charge >= 0.3 is 0 Å². The molecule has 0 bridgehead atoms. The van der Waals surface area contributed by atoms with Crippen molar-refractivity contribution in [3.8, 4) is 0 Å². The van der Waals surface area contributed by atoms with E-state index in [-0.39, 0.29) is 30.9 Å². The highest BCUT2D eigenvalue weighted by atomic mass is 35.5. The first-order chi connectivity index (χ1) is 4.33. The van der Waals surface area contributed by atoms with Crippen molar-refractivity contribution in [2.45, 2.75) is 31.9 Å². The Labute approximate surface area is 79.8 Å². The molecule has 1 aliphatic heterocycles. The van der Waals surface area contributed by atoms with Gasteiger partial charge in [0.1, 0.15) is 0 Å². The standard InChI is InChI=1S/C6H14N2O.2ClH/c1-5-4-6(9-7)2-3-8-5;;/h5-6,8H,2-4,7H2,1H3;2*1H. The quantitative estimate of drug-likeness (QED) is 0.621. The summed E-state index contributed by atoms with van der Waals surface area (Å²) in [6.07, 6.45) is 2.36. The molecule has 0 aromatic carbocycles. The lowest BCUT2D eigenvalue weighted by Gasteiger charge is -2.25. The molecule has 0 saturated carbocycles. The molecule has 2 unspecified atom stereocenters. The summed E-state index contributed by atoms with van der Waals surface area (Å²) in [4.78, 5) is 4.72. The monoisotopic (exact) mass is 202 g/mol. The van der Waals surface area contributed by atoms with E-state index in [0.29, 0.717) is 6.04 Å². The maximum absolute atomic E-state index is 5.04. The van der Waals surface area contributed by atoms with Crippen molar-refractivity contribution in [2.24, 2.45) is 5.90 Å². The molecule has 3 N–H and O–H groups in total. The Hall–Kier alpha value is 0.460. The van der Waals surface area contributed by atoms with Gasteiger partial charge in [-0.05, 0) is 26.3 Å². The van der Waals surface area contributed by atoms with Crippen molar-refractivity contribution in [3.05, 3.63) is 0 Å². The molecule has 0 radical (unpaired) electrons. The summed E-state index contributed by atoms with van der Waals surface area (Å²) < 4.78 is 0. The van der Waals surface area contributed by atoms with E-state index in [1.54, 1.807) is 0 Å². The van der Waals surface area contributed by atoms with Crippen LogP contribution in [0.25, 0.3) is 0 Å². The zero-order valence-electron chi connectivity index (χ0n) is 6.58. The molecule has 1 rings (SSSR count). The summed E-state index contributed by atoms with van der Waals surface area (Å²) in [7, 11) is 0. The Kier molecular flexibility index (Phi) is 9.08. The lowest BCUT2D eigenvalue weighted by molar-refractivity contribution is 0.0233. The van der Waals surface area contributed by atoms with Gasteiger partial charge in [0.25, 0.3) is 0 Å². The molecule has 5 heteroatoms. The summed E-state index contributed by atoms with van der Waals surface area (Å²) in [6, 6.07) is 0.562. The van der Waals surface area contributed by atoms with Crippen molar-refractivity contribution >= 4 is 24.8 Å². The van der Waals surface area contributed by atoms with Crippen LogP contribution in [-0.4, -0.2) is 18.7 Å². The Morgan fingerprint density at radius 3 is 2.45 bits per heavy atom. The molecule has 1 heterocycles. The fourth-order valence-electron chi connectivity index (χ4n) is 1.21. The van der Waals surface area contributed by atoms with Crippen molar-refractivity contribution in [3.63, 3.8) is 0 Å². The third kappa shape index (κ3) is 4.82. The van der Waals surface area contributed by atoms with E-state index in [9.17, 15) is 0 Å². The average Bonchev–Trinajstić information content (AvgIpc) is 1.88. The zero-order valence-corrected chi connectivity index (χ0v) is 8.21. The largest absolute Gasteiger partial charge is 0.314 e. The van der Waals surface area contributed by atoms with E-state index >= 15 is 0 Å². The molecular weight excluding hydrogens is 187 g/mol. The van der Waals surface area contributed by atoms with Crippen LogP contribution in [0.3, 0.4) is 0 Å². The lowest BCUT2D eigenvalue weighted by atomic mass is 10.0. The first kappa shape index (κ1) is 14.0. The van der Waals surface area contributed by atoms with Crippen LogP contribution in [0.5, 0.6) is 0 Å². The summed E-state index contributed by atoms with van der Waals surface area (Å²) in [5.74, 6) is 5.04. The summed E-state index contributed by atoms with van der Waals surface area (Å²) in [6.45, 7) is 3.17. The van der Waals surface area contributed by atoms with Crippen LogP contribution in [-0.2, 0) is 4.84 Å². The second-order valence-corrected chi connectivity index (χ2v) is 2.64. The zero-order chi connectivity index (χ0) is 6.69. The van der Waals surface area contributed by atoms with Gasteiger partial charge in [-0.2, -0.15) is 0 Å². The van der Waals surface area contributed by atoms with Crippen molar-refractivity contribution in [1.82, 2.24) is 5.32 Å². The molecule has 1 fully saturated rings. The third-order valence-corrected chi connectivity index (χ3v) is 1.77. The Morgan fingerprint density at radius 1 is 1.45 bits per heavy atom. The van der Waals surface area contributed by atoms with Gasteiger partial charge in [-0.3, -0.25) is 0 Å². The normalized spacial score (nSPS) is 30.0. The smallest absolute Gasteiger partial charge is 0.0814 e. The number of halogens is 2. The maximum atomic E-state index is 5.04. The van der Waals surface area contributed by atoms with Crippen molar-refractivity contribution in [1.29, 1.82) is 0 Å². The molecule has 11 heavy (non-hydrogen) atoms. The molecular formula is C6H16Cl2N2O. The molecule has 2 atom stereocenters. The van der Waals surface area contributed by atoms with E-state index in [1.165, 1.54) is 0 Å². The van der Waals surface area contributed by atoms with E-state index in [4.69, 9.17) is 10.7 Å². The number of nitrogens with one attached hydrogen (secondary N) is 1. The molecule has 0 aromatic rings. The third-order valence-electron chi connectivity index (χ3n) is 1.77. The van der Waals surface area contributed by atoms with Crippen LogP contribution >= 0.6 is 24.8 Å². The van der Waals surface area contributed by atoms with Crippen molar-refractivity contribution in [2.75, 3.05) is 6.54 Å². The Balaban J connectivity index is 0. The van der Waals surface area contributed by atoms with Crippen LogP contribution in [0, 0.1) is 0 Å².